The van der Waals surface area contributed by atoms with Crippen molar-refractivity contribution in [3.05, 3.63) is 0 Å². The Morgan fingerprint density at radius 2 is 1.61 bits per heavy atom. The molecule has 0 aromatic rings. The van der Waals surface area contributed by atoms with Crippen molar-refractivity contribution in [3.8, 4) is 11.8 Å². The molecular weight excluding hydrogens is 228 g/mol. The predicted molar refractivity (Wildman–Crippen MR) is 73.6 cm³/mol. The minimum Gasteiger partial charge on any atom is -0.378 e. The summed E-state index contributed by atoms with van der Waals surface area (Å²) in [5.41, 5.74) is 0. The number of nitrogens with zero attached hydrogens (tertiary/aromatic N) is 2. The molecule has 0 unspecified atom stereocenters. The minimum atomic E-state index is 0.513. The van der Waals surface area contributed by atoms with Crippen molar-refractivity contribution in [2.45, 2.75) is 13.8 Å². The van der Waals surface area contributed by atoms with Gasteiger partial charge in [0.15, 0.2) is 0 Å². The van der Waals surface area contributed by atoms with Crippen LogP contribution < -0.4 is 0 Å². The lowest BCUT2D eigenvalue weighted by Gasteiger charge is -2.33. The van der Waals surface area contributed by atoms with Crippen LogP contribution in [0.2, 0.25) is 0 Å². The monoisotopic (exact) mass is 254 g/mol. The molecular formula is C14H26N2O2. The second kappa shape index (κ2) is 10.3. The molecule has 0 N–H and O–H groups in total. The fourth-order valence-corrected chi connectivity index (χ4v) is 1.94. The highest BCUT2D eigenvalue weighted by Gasteiger charge is 2.14. The quantitative estimate of drug-likeness (QED) is 0.470. The molecule has 0 bridgehead atoms. The number of hydrogen-bond acceptors (Lipinski definition) is 4. The van der Waals surface area contributed by atoms with E-state index >= 15 is 0 Å². The summed E-state index contributed by atoms with van der Waals surface area (Å²) in [4.78, 5) is 4.95. The third kappa shape index (κ3) is 6.97. The molecule has 1 rings (SSSR count). The van der Waals surface area contributed by atoms with Gasteiger partial charge in [0.25, 0.3) is 0 Å². The van der Waals surface area contributed by atoms with Crippen LogP contribution in [0.3, 0.4) is 0 Å². The summed E-state index contributed by atoms with van der Waals surface area (Å²) in [6.07, 6.45) is 0. The molecule has 0 aromatic heterocycles. The first-order valence-corrected chi connectivity index (χ1v) is 6.86. The number of ether oxygens (including phenoxy) is 2. The lowest BCUT2D eigenvalue weighted by atomic mass is 10.3. The molecule has 1 heterocycles. The Labute approximate surface area is 111 Å². The van der Waals surface area contributed by atoms with Gasteiger partial charge >= 0.3 is 0 Å². The molecule has 0 aromatic carbocycles. The summed E-state index contributed by atoms with van der Waals surface area (Å²) < 4.78 is 10.8. The number of rotatable bonds is 8. The first-order chi connectivity index (χ1) is 8.86. The topological polar surface area (TPSA) is 24.9 Å². The zero-order chi connectivity index (χ0) is 13.1. The van der Waals surface area contributed by atoms with Gasteiger partial charge in [-0.05, 0) is 13.5 Å². The molecule has 18 heavy (non-hydrogen) atoms. The van der Waals surface area contributed by atoms with Crippen molar-refractivity contribution in [2.75, 3.05) is 65.7 Å². The lowest BCUT2D eigenvalue weighted by molar-refractivity contribution is 0.0402. The van der Waals surface area contributed by atoms with E-state index in [9.17, 15) is 0 Å². The number of hydrogen-bond donors (Lipinski definition) is 0. The van der Waals surface area contributed by atoms with Gasteiger partial charge in [-0.1, -0.05) is 12.8 Å². The average molecular weight is 254 g/mol. The van der Waals surface area contributed by atoms with E-state index in [0.717, 1.165) is 13.2 Å². The smallest absolute Gasteiger partial charge is 0.107 e. The second-order valence-electron chi connectivity index (χ2n) is 4.37. The van der Waals surface area contributed by atoms with Gasteiger partial charge in [0.2, 0.25) is 0 Å². The molecule has 0 amide bonds. The fraction of sp³-hybridized carbons (Fsp3) is 0.857. The zero-order valence-corrected chi connectivity index (χ0v) is 11.8. The summed E-state index contributed by atoms with van der Waals surface area (Å²) in [6.45, 7) is 13.6. The molecule has 0 aliphatic carbocycles. The van der Waals surface area contributed by atoms with Gasteiger partial charge in [-0.2, -0.15) is 0 Å². The molecule has 1 fully saturated rings. The standard InChI is InChI=1S/C14H26N2O2/c1-3-5-11-17-13-14-18-12-10-16-8-6-15(4-2)7-9-16/h4,6-14H2,1-2H3. The van der Waals surface area contributed by atoms with Crippen LogP contribution in [-0.4, -0.2) is 75.5 Å². The van der Waals surface area contributed by atoms with E-state index < -0.39 is 0 Å². The van der Waals surface area contributed by atoms with Crippen LogP contribution in [0.5, 0.6) is 0 Å². The summed E-state index contributed by atoms with van der Waals surface area (Å²) >= 11 is 0. The third-order valence-corrected chi connectivity index (χ3v) is 3.19. The summed E-state index contributed by atoms with van der Waals surface area (Å²) in [5, 5.41) is 0. The van der Waals surface area contributed by atoms with Gasteiger partial charge in [0, 0.05) is 32.7 Å². The molecule has 0 spiro atoms. The van der Waals surface area contributed by atoms with Gasteiger partial charge in [-0.15, -0.1) is 5.92 Å². The van der Waals surface area contributed by atoms with E-state index in [1.54, 1.807) is 0 Å². The summed E-state index contributed by atoms with van der Waals surface area (Å²) in [5.74, 6) is 5.65. The molecule has 4 heteroatoms. The molecule has 0 atom stereocenters. The van der Waals surface area contributed by atoms with Crippen LogP contribution in [0, 0.1) is 11.8 Å². The molecule has 0 saturated carbocycles. The van der Waals surface area contributed by atoms with E-state index in [2.05, 4.69) is 28.6 Å². The Morgan fingerprint density at radius 3 is 2.28 bits per heavy atom. The van der Waals surface area contributed by atoms with Gasteiger partial charge in [-0.25, -0.2) is 0 Å². The van der Waals surface area contributed by atoms with E-state index in [4.69, 9.17) is 9.47 Å². The lowest BCUT2D eigenvalue weighted by Crippen LogP contribution is -2.47. The largest absolute Gasteiger partial charge is 0.378 e. The first kappa shape index (κ1) is 15.5. The van der Waals surface area contributed by atoms with Crippen LogP contribution in [0.4, 0.5) is 0 Å². The molecule has 1 saturated heterocycles. The van der Waals surface area contributed by atoms with Crippen molar-refractivity contribution in [2.24, 2.45) is 0 Å². The molecule has 1 aliphatic rings. The van der Waals surface area contributed by atoms with Crippen molar-refractivity contribution < 1.29 is 9.47 Å². The Morgan fingerprint density at radius 1 is 0.944 bits per heavy atom. The Bertz CT molecular complexity index is 252. The average Bonchev–Trinajstić information content (AvgIpc) is 2.42. The Kier molecular flexibility index (Phi) is 8.87. The van der Waals surface area contributed by atoms with Crippen LogP contribution >= 0.6 is 0 Å². The fourth-order valence-electron chi connectivity index (χ4n) is 1.94. The van der Waals surface area contributed by atoms with Crippen molar-refractivity contribution in [3.63, 3.8) is 0 Å². The summed E-state index contributed by atoms with van der Waals surface area (Å²) in [7, 11) is 0. The highest BCUT2D eigenvalue weighted by Crippen LogP contribution is 2.00. The highest BCUT2D eigenvalue weighted by molar-refractivity contribution is 4.94. The zero-order valence-electron chi connectivity index (χ0n) is 11.8. The second-order valence-corrected chi connectivity index (χ2v) is 4.37. The van der Waals surface area contributed by atoms with Gasteiger partial charge in [0.1, 0.15) is 6.61 Å². The van der Waals surface area contributed by atoms with Crippen molar-refractivity contribution in [1.82, 2.24) is 9.80 Å². The minimum absolute atomic E-state index is 0.513. The van der Waals surface area contributed by atoms with Crippen LogP contribution in [0.1, 0.15) is 13.8 Å². The van der Waals surface area contributed by atoms with E-state index in [0.29, 0.717) is 19.8 Å². The van der Waals surface area contributed by atoms with Gasteiger partial charge in [0.05, 0.1) is 19.8 Å². The van der Waals surface area contributed by atoms with Crippen LogP contribution in [0.25, 0.3) is 0 Å². The Balaban J connectivity index is 1.87. The molecule has 4 nitrogen and oxygen atoms in total. The van der Waals surface area contributed by atoms with E-state index in [1.807, 2.05) is 6.92 Å². The molecule has 1 aliphatic heterocycles. The first-order valence-electron chi connectivity index (χ1n) is 6.86. The number of piperazine rings is 1. The van der Waals surface area contributed by atoms with E-state index in [-0.39, 0.29) is 0 Å². The van der Waals surface area contributed by atoms with Crippen LogP contribution in [0.15, 0.2) is 0 Å². The van der Waals surface area contributed by atoms with E-state index in [1.165, 1.54) is 32.7 Å². The van der Waals surface area contributed by atoms with Gasteiger partial charge in [-0.3, -0.25) is 4.90 Å². The maximum Gasteiger partial charge on any atom is 0.107 e. The normalized spacial score (nSPS) is 17.4. The van der Waals surface area contributed by atoms with Crippen LogP contribution in [-0.2, 0) is 9.47 Å². The SMILES string of the molecule is CC#CCOCCOCCN1CCN(CC)CC1. The predicted octanol–water partition coefficient (Wildman–Crippen LogP) is 0.680. The van der Waals surface area contributed by atoms with Crippen molar-refractivity contribution in [1.29, 1.82) is 0 Å². The van der Waals surface area contributed by atoms with Crippen molar-refractivity contribution >= 4 is 0 Å². The Hall–Kier alpha value is -0.600. The summed E-state index contributed by atoms with van der Waals surface area (Å²) in [6, 6.07) is 0. The third-order valence-electron chi connectivity index (χ3n) is 3.19. The highest BCUT2D eigenvalue weighted by atomic mass is 16.5. The number of likely N-dealkylation sites (N-methyl/N-ethyl adjacent to an activating group) is 1. The maximum atomic E-state index is 5.54. The molecule has 0 radical (unpaired) electrons. The maximum absolute atomic E-state index is 5.54. The van der Waals surface area contributed by atoms with Gasteiger partial charge < -0.3 is 14.4 Å². The molecule has 104 valence electrons.